The number of nitrogens with one attached hydrogen (secondary N) is 1. The minimum atomic E-state index is -2.16. The molecule has 2 aliphatic rings. The van der Waals surface area contributed by atoms with Gasteiger partial charge in [0.15, 0.2) is 0 Å². The van der Waals surface area contributed by atoms with Crippen LogP contribution in [0.2, 0.25) is 0 Å². The number of piperidine rings is 1. The fraction of sp³-hybridized carbons (Fsp3) is 0.500. The highest BCUT2D eigenvalue weighted by molar-refractivity contribution is 6.08. The number of rotatable bonds is 5. The van der Waals surface area contributed by atoms with Crippen molar-refractivity contribution in [3.05, 3.63) is 29.8 Å². The third kappa shape index (κ3) is 2.55. The lowest BCUT2D eigenvalue weighted by atomic mass is 9.80. The molecule has 0 aliphatic carbocycles. The van der Waals surface area contributed by atoms with E-state index in [9.17, 15) is 14.7 Å². The predicted octanol–water partition coefficient (Wildman–Crippen LogP) is 0.00280. The molecular weight excluding hydrogens is 302 g/mol. The zero-order valence-electron chi connectivity index (χ0n) is 12.9. The maximum atomic E-state index is 12.0. The Morgan fingerprint density at radius 2 is 2.00 bits per heavy atom. The van der Waals surface area contributed by atoms with Crippen LogP contribution >= 0.6 is 0 Å². The average Bonchev–Trinajstić information content (AvgIpc) is 2.76. The Hall–Kier alpha value is -2.12. The topological polar surface area (TPSA) is 94.1 Å². The largest absolute Gasteiger partial charge is 0.497 e. The Balaban J connectivity index is 1.65. The van der Waals surface area contributed by atoms with Gasteiger partial charge >= 0.3 is 5.97 Å². The molecule has 2 fully saturated rings. The molecular formula is C16H19NO6. The van der Waals surface area contributed by atoms with Gasteiger partial charge in [0.05, 0.1) is 32.3 Å². The number of hydrogen-bond acceptors (Lipinski definition) is 6. The Morgan fingerprint density at radius 3 is 2.65 bits per heavy atom. The minimum Gasteiger partial charge on any atom is -0.497 e. The first-order valence-electron chi connectivity index (χ1n) is 7.42. The molecule has 2 aliphatic heterocycles. The zero-order chi connectivity index (χ0) is 16.6. The van der Waals surface area contributed by atoms with Crippen molar-refractivity contribution in [1.29, 1.82) is 0 Å². The molecule has 0 saturated carbocycles. The second-order valence-electron chi connectivity index (χ2n) is 5.87. The number of esters is 1. The van der Waals surface area contributed by atoms with Gasteiger partial charge in [-0.25, -0.2) is 4.79 Å². The number of benzene rings is 1. The van der Waals surface area contributed by atoms with E-state index in [-0.39, 0.29) is 12.6 Å². The summed E-state index contributed by atoms with van der Waals surface area (Å²) in [5, 5.41) is 13.0. The van der Waals surface area contributed by atoms with E-state index in [1.165, 1.54) is 0 Å². The molecule has 2 saturated heterocycles. The summed E-state index contributed by atoms with van der Waals surface area (Å²) < 4.78 is 15.8. The van der Waals surface area contributed by atoms with Gasteiger partial charge in [0.1, 0.15) is 11.9 Å². The first kappa shape index (κ1) is 15.8. The molecule has 124 valence electrons. The number of aliphatic hydroxyl groups is 1. The first-order chi connectivity index (χ1) is 11.0. The molecule has 4 atom stereocenters. The van der Waals surface area contributed by atoms with Crippen molar-refractivity contribution >= 4 is 11.9 Å². The summed E-state index contributed by atoms with van der Waals surface area (Å²) in [6.45, 7) is 2.08. The SMILES string of the molecule is COc1ccc(COC[C@H]2[C@H]3OC(=O)[C@]2(O)C(=O)N[C@H]3C)cc1. The van der Waals surface area contributed by atoms with E-state index in [0.29, 0.717) is 6.61 Å². The van der Waals surface area contributed by atoms with Gasteiger partial charge in [0.2, 0.25) is 5.60 Å². The molecule has 1 aromatic carbocycles. The van der Waals surface area contributed by atoms with Crippen LogP contribution in [0.5, 0.6) is 5.75 Å². The number of carbonyl (C=O) groups is 2. The van der Waals surface area contributed by atoms with E-state index in [1.54, 1.807) is 14.0 Å². The minimum absolute atomic E-state index is 0.0523. The van der Waals surface area contributed by atoms with Gasteiger partial charge in [-0.3, -0.25) is 4.79 Å². The Labute approximate surface area is 133 Å². The highest BCUT2D eigenvalue weighted by Gasteiger charge is 2.66. The molecule has 0 radical (unpaired) electrons. The van der Waals surface area contributed by atoms with Crippen molar-refractivity contribution in [2.75, 3.05) is 13.7 Å². The van der Waals surface area contributed by atoms with Crippen LogP contribution in [0.3, 0.4) is 0 Å². The van der Waals surface area contributed by atoms with Crippen LogP contribution in [0.25, 0.3) is 0 Å². The Morgan fingerprint density at radius 1 is 1.30 bits per heavy atom. The van der Waals surface area contributed by atoms with E-state index in [4.69, 9.17) is 14.2 Å². The summed E-state index contributed by atoms with van der Waals surface area (Å²) in [4.78, 5) is 23.8. The smallest absolute Gasteiger partial charge is 0.349 e. The summed E-state index contributed by atoms with van der Waals surface area (Å²) in [7, 11) is 1.59. The standard InChI is InChI=1S/C16H19NO6/c1-9-13-12(16(20,14(18)17-9)15(19)23-13)8-22-7-10-3-5-11(21-2)6-4-10/h3-6,9,12-13,20H,7-8H2,1-2H3,(H,17,18)/t9-,12-,13-,16+/m0/s1. The van der Waals surface area contributed by atoms with Crippen molar-refractivity contribution in [1.82, 2.24) is 5.32 Å². The lowest BCUT2D eigenvalue weighted by molar-refractivity contribution is -0.163. The molecule has 2 bridgehead atoms. The molecule has 3 rings (SSSR count). The number of hydrogen-bond donors (Lipinski definition) is 2. The van der Waals surface area contributed by atoms with Gasteiger partial charge in [0, 0.05) is 0 Å². The quantitative estimate of drug-likeness (QED) is 0.586. The first-order valence-corrected chi connectivity index (χ1v) is 7.42. The summed E-state index contributed by atoms with van der Waals surface area (Å²) >= 11 is 0. The highest BCUT2D eigenvalue weighted by Crippen LogP contribution is 2.38. The summed E-state index contributed by atoms with van der Waals surface area (Å²) in [5.41, 5.74) is -1.23. The Kier molecular flexibility index (Phi) is 3.99. The van der Waals surface area contributed by atoms with Crippen molar-refractivity contribution in [3.63, 3.8) is 0 Å². The van der Waals surface area contributed by atoms with Gasteiger partial charge < -0.3 is 24.6 Å². The second kappa shape index (κ2) is 5.82. The molecule has 7 nitrogen and oxygen atoms in total. The number of methoxy groups -OCH3 is 1. The van der Waals surface area contributed by atoms with Gasteiger partial charge in [-0.15, -0.1) is 0 Å². The summed E-state index contributed by atoms with van der Waals surface area (Å²) in [6, 6.07) is 7.00. The third-order valence-electron chi connectivity index (χ3n) is 4.41. The molecule has 23 heavy (non-hydrogen) atoms. The van der Waals surface area contributed by atoms with Crippen LogP contribution in [0.4, 0.5) is 0 Å². The Bertz CT molecular complexity index is 616. The average molecular weight is 321 g/mol. The van der Waals surface area contributed by atoms with E-state index in [2.05, 4.69) is 5.32 Å². The molecule has 0 spiro atoms. The number of ether oxygens (including phenoxy) is 3. The predicted molar refractivity (Wildman–Crippen MR) is 78.6 cm³/mol. The molecule has 1 aromatic rings. The molecule has 2 N–H and O–H groups in total. The van der Waals surface area contributed by atoms with Gasteiger partial charge in [-0.2, -0.15) is 0 Å². The van der Waals surface area contributed by atoms with Crippen molar-refractivity contribution in [2.45, 2.75) is 31.3 Å². The van der Waals surface area contributed by atoms with Crippen LogP contribution in [-0.4, -0.2) is 48.4 Å². The fourth-order valence-corrected chi connectivity index (χ4v) is 3.04. The van der Waals surface area contributed by atoms with Crippen LogP contribution in [0.15, 0.2) is 24.3 Å². The number of amides is 1. The van der Waals surface area contributed by atoms with Crippen LogP contribution in [0, 0.1) is 5.92 Å². The van der Waals surface area contributed by atoms with Crippen molar-refractivity contribution < 1.29 is 28.9 Å². The van der Waals surface area contributed by atoms with Crippen LogP contribution in [-0.2, 0) is 25.7 Å². The van der Waals surface area contributed by atoms with Gasteiger partial charge in [-0.05, 0) is 24.6 Å². The van der Waals surface area contributed by atoms with Crippen molar-refractivity contribution in [2.24, 2.45) is 5.92 Å². The second-order valence-corrected chi connectivity index (χ2v) is 5.87. The van der Waals surface area contributed by atoms with Crippen LogP contribution < -0.4 is 10.1 Å². The van der Waals surface area contributed by atoms with Gasteiger partial charge in [0.25, 0.3) is 5.91 Å². The number of fused-ring (bicyclic) bond motifs is 2. The lowest BCUT2D eigenvalue weighted by Gasteiger charge is -2.35. The summed E-state index contributed by atoms with van der Waals surface area (Å²) in [6.07, 6.45) is -0.582. The van der Waals surface area contributed by atoms with Gasteiger partial charge in [-0.1, -0.05) is 12.1 Å². The summed E-state index contributed by atoms with van der Waals surface area (Å²) in [5.74, 6) is -1.58. The lowest BCUT2D eigenvalue weighted by Crippen LogP contribution is -2.64. The van der Waals surface area contributed by atoms with E-state index >= 15 is 0 Å². The van der Waals surface area contributed by atoms with E-state index < -0.39 is 29.5 Å². The molecule has 0 unspecified atom stereocenters. The molecule has 7 heteroatoms. The van der Waals surface area contributed by atoms with E-state index in [1.807, 2.05) is 24.3 Å². The monoisotopic (exact) mass is 321 g/mol. The number of carbonyl (C=O) groups excluding carboxylic acids is 2. The highest BCUT2D eigenvalue weighted by atomic mass is 16.6. The van der Waals surface area contributed by atoms with E-state index in [0.717, 1.165) is 11.3 Å². The maximum absolute atomic E-state index is 12.0. The zero-order valence-corrected chi connectivity index (χ0v) is 12.9. The third-order valence-corrected chi connectivity index (χ3v) is 4.41. The van der Waals surface area contributed by atoms with Crippen LogP contribution in [0.1, 0.15) is 12.5 Å². The normalized spacial score (nSPS) is 32.4. The maximum Gasteiger partial charge on any atom is 0.349 e. The molecule has 0 aromatic heterocycles. The van der Waals surface area contributed by atoms with Crippen molar-refractivity contribution in [3.8, 4) is 5.75 Å². The molecule has 2 heterocycles. The molecule has 1 amide bonds. The fourth-order valence-electron chi connectivity index (χ4n) is 3.04.